The highest BCUT2D eigenvalue weighted by Gasteiger charge is 2.16. The number of fused-ring (bicyclic) bond motifs is 1. The number of hydrogen-bond donors (Lipinski definition) is 1. The third kappa shape index (κ3) is 2.73. The number of β-amino-alcohol motifs (C(OH)–C–C–N with tert-alkyl or cyclic N) is 1. The van der Waals surface area contributed by atoms with Crippen LogP contribution in [-0.4, -0.2) is 59.5 Å². The van der Waals surface area contributed by atoms with E-state index in [1.165, 1.54) is 5.69 Å². The molecule has 2 aromatic rings. The lowest BCUT2D eigenvalue weighted by atomic mass is 10.2. The summed E-state index contributed by atoms with van der Waals surface area (Å²) >= 11 is 0. The molecule has 5 nitrogen and oxygen atoms in total. The van der Waals surface area contributed by atoms with Gasteiger partial charge in [-0.15, -0.1) is 0 Å². The van der Waals surface area contributed by atoms with Crippen LogP contribution in [-0.2, 0) is 0 Å². The molecule has 3 rings (SSSR count). The lowest BCUT2D eigenvalue weighted by Crippen LogP contribution is -2.32. The van der Waals surface area contributed by atoms with Crippen molar-refractivity contribution >= 4 is 16.6 Å². The molecule has 0 amide bonds. The minimum atomic E-state index is 0.236. The van der Waals surface area contributed by atoms with Crippen molar-refractivity contribution in [1.29, 1.82) is 0 Å². The minimum absolute atomic E-state index is 0.236. The van der Waals surface area contributed by atoms with Gasteiger partial charge in [0.05, 0.1) is 24.0 Å². The van der Waals surface area contributed by atoms with E-state index in [1.54, 1.807) is 0 Å². The van der Waals surface area contributed by atoms with Gasteiger partial charge in [0.25, 0.3) is 0 Å². The summed E-state index contributed by atoms with van der Waals surface area (Å²) in [4.78, 5) is 4.70. The van der Waals surface area contributed by atoms with Crippen molar-refractivity contribution < 1.29 is 5.11 Å². The number of rotatable bonds is 3. The second-order valence-electron chi connectivity index (χ2n) is 5.15. The van der Waals surface area contributed by atoms with Crippen molar-refractivity contribution in [3.8, 4) is 0 Å². The number of hydrogen-bond acceptors (Lipinski definition) is 5. The smallest absolute Gasteiger partial charge is 0.0950 e. The standard InChI is InChI=1S/C15H20N4O/c20-11-10-18-6-3-7-19(9-8-18)15-12-16-17-14-5-2-1-4-13(14)15/h1-2,4-5,12,20H,3,6-11H2. The summed E-state index contributed by atoms with van der Waals surface area (Å²) in [6, 6.07) is 8.15. The van der Waals surface area contributed by atoms with Gasteiger partial charge in [-0.2, -0.15) is 10.2 Å². The highest BCUT2D eigenvalue weighted by Crippen LogP contribution is 2.24. The maximum atomic E-state index is 9.06. The maximum Gasteiger partial charge on any atom is 0.0950 e. The van der Waals surface area contributed by atoms with Gasteiger partial charge in [-0.25, -0.2) is 0 Å². The highest BCUT2D eigenvalue weighted by molar-refractivity contribution is 5.90. The van der Waals surface area contributed by atoms with Crippen molar-refractivity contribution in [3.05, 3.63) is 30.5 Å². The molecule has 1 aromatic heterocycles. The maximum absolute atomic E-state index is 9.06. The molecule has 0 unspecified atom stereocenters. The van der Waals surface area contributed by atoms with Gasteiger partial charge in [0.15, 0.2) is 0 Å². The monoisotopic (exact) mass is 272 g/mol. The second kappa shape index (κ2) is 6.15. The van der Waals surface area contributed by atoms with Gasteiger partial charge in [-0.3, -0.25) is 4.90 Å². The Bertz CT molecular complexity index is 569. The van der Waals surface area contributed by atoms with Gasteiger partial charge >= 0.3 is 0 Å². The molecule has 1 aromatic carbocycles. The predicted molar refractivity (Wildman–Crippen MR) is 79.9 cm³/mol. The number of aliphatic hydroxyl groups is 1. The molecule has 1 aliphatic rings. The molecule has 0 saturated carbocycles. The quantitative estimate of drug-likeness (QED) is 0.908. The van der Waals surface area contributed by atoms with Crippen LogP contribution in [0.2, 0.25) is 0 Å². The fourth-order valence-corrected chi connectivity index (χ4v) is 2.82. The Labute approximate surface area is 118 Å². The first kappa shape index (κ1) is 13.3. The van der Waals surface area contributed by atoms with E-state index in [-0.39, 0.29) is 6.61 Å². The second-order valence-corrected chi connectivity index (χ2v) is 5.15. The first-order valence-electron chi connectivity index (χ1n) is 7.17. The van der Waals surface area contributed by atoms with Crippen LogP contribution in [0.15, 0.2) is 30.5 Å². The molecule has 1 saturated heterocycles. The fourth-order valence-electron chi connectivity index (χ4n) is 2.82. The van der Waals surface area contributed by atoms with Crippen molar-refractivity contribution in [2.24, 2.45) is 0 Å². The van der Waals surface area contributed by atoms with E-state index >= 15 is 0 Å². The Morgan fingerprint density at radius 1 is 1.10 bits per heavy atom. The molecule has 1 aliphatic heterocycles. The molecule has 1 N–H and O–H groups in total. The van der Waals surface area contributed by atoms with Gasteiger partial charge in [-0.05, 0) is 19.0 Å². The van der Waals surface area contributed by atoms with Crippen LogP contribution in [0.5, 0.6) is 0 Å². The molecule has 0 atom stereocenters. The summed E-state index contributed by atoms with van der Waals surface area (Å²) in [7, 11) is 0. The van der Waals surface area contributed by atoms with Crippen molar-refractivity contribution in [1.82, 2.24) is 15.1 Å². The van der Waals surface area contributed by atoms with Gasteiger partial charge in [0, 0.05) is 31.6 Å². The zero-order valence-electron chi connectivity index (χ0n) is 11.6. The molecule has 0 bridgehead atoms. The van der Waals surface area contributed by atoms with E-state index in [0.717, 1.165) is 50.0 Å². The lowest BCUT2D eigenvalue weighted by Gasteiger charge is -2.24. The van der Waals surface area contributed by atoms with E-state index < -0.39 is 0 Å². The Morgan fingerprint density at radius 3 is 2.90 bits per heavy atom. The molecule has 1 fully saturated rings. The Kier molecular flexibility index (Phi) is 4.08. The summed E-state index contributed by atoms with van der Waals surface area (Å²) in [5, 5.41) is 18.5. The molecule has 106 valence electrons. The third-order valence-corrected chi connectivity index (χ3v) is 3.87. The minimum Gasteiger partial charge on any atom is -0.395 e. The average Bonchev–Trinajstić information content (AvgIpc) is 2.73. The molecular weight excluding hydrogens is 252 g/mol. The molecule has 5 heteroatoms. The van der Waals surface area contributed by atoms with Gasteiger partial charge in [-0.1, -0.05) is 18.2 Å². The lowest BCUT2D eigenvalue weighted by molar-refractivity contribution is 0.204. The zero-order chi connectivity index (χ0) is 13.8. The fraction of sp³-hybridized carbons (Fsp3) is 0.467. The summed E-state index contributed by atoms with van der Waals surface area (Å²) < 4.78 is 0. The SMILES string of the molecule is OCCN1CCCN(c2cnnc3ccccc23)CC1. The first-order chi connectivity index (χ1) is 9.88. The molecule has 2 heterocycles. The Hall–Kier alpha value is -1.72. The van der Waals surface area contributed by atoms with Crippen LogP contribution in [0, 0.1) is 0 Å². The Morgan fingerprint density at radius 2 is 2.00 bits per heavy atom. The van der Waals surface area contributed by atoms with Crippen LogP contribution < -0.4 is 4.90 Å². The van der Waals surface area contributed by atoms with Gasteiger partial charge in [0.1, 0.15) is 0 Å². The normalized spacial score (nSPS) is 17.4. The summed E-state index contributed by atoms with van der Waals surface area (Å²) in [6.07, 6.45) is 2.97. The predicted octanol–water partition coefficient (Wildman–Crippen LogP) is 1.13. The number of anilines is 1. The van der Waals surface area contributed by atoms with Gasteiger partial charge in [0.2, 0.25) is 0 Å². The van der Waals surface area contributed by atoms with E-state index in [0.29, 0.717) is 0 Å². The first-order valence-corrected chi connectivity index (χ1v) is 7.17. The van der Waals surface area contributed by atoms with Crippen LogP contribution >= 0.6 is 0 Å². The van der Waals surface area contributed by atoms with Crippen molar-refractivity contribution in [2.45, 2.75) is 6.42 Å². The number of aromatic nitrogens is 2. The summed E-state index contributed by atoms with van der Waals surface area (Å²) in [6.45, 7) is 5.03. The van der Waals surface area contributed by atoms with E-state index in [1.807, 2.05) is 24.4 Å². The number of aliphatic hydroxyl groups excluding tert-OH is 1. The molecule has 0 aliphatic carbocycles. The van der Waals surface area contributed by atoms with Crippen molar-refractivity contribution in [2.75, 3.05) is 44.2 Å². The molecule has 0 radical (unpaired) electrons. The number of benzene rings is 1. The van der Waals surface area contributed by atoms with Crippen molar-refractivity contribution in [3.63, 3.8) is 0 Å². The van der Waals surface area contributed by atoms with Crippen LogP contribution in [0.4, 0.5) is 5.69 Å². The molecule has 20 heavy (non-hydrogen) atoms. The average molecular weight is 272 g/mol. The van der Waals surface area contributed by atoms with Gasteiger partial charge < -0.3 is 10.0 Å². The molecule has 0 spiro atoms. The van der Waals surface area contributed by atoms with E-state index in [9.17, 15) is 0 Å². The highest BCUT2D eigenvalue weighted by atomic mass is 16.3. The Balaban J connectivity index is 1.84. The summed E-state index contributed by atoms with van der Waals surface area (Å²) in [5.41, 5.74) is 2.11. The largest absolute Gasteiger partial charge is 0.395 e. The third-order valence-electron chi connectivity index (χ3n) is 3.87. The number of nitrogens with zero attached hydrogens (tertiary/aromatic N) is 4. The topological polar surface area (TPSA) is 52.5 Å². The zero-order valence-corrected chi connectivity index (χ0v) is 11.6. The van der Waals surface area contributed by atoms with Crippen LogP contribution in [0.25, 0.3) is 10.9 Å². The van der Waals surface area contributed by atoms with E-state index in [2.05, 4.69) is 26.1 Å². The summed E-state index contributed by atoms with van der Waals surface area (Å²) in [5.74, 6) is 0. The van der Waals surface area contributed by atoms with Crippen LogP contribution in [0.1, 0.15) is 6.42 Å². The van der Waals surface area contributed by atoms with E-state index in [4.69, 9.17) is 5.11 Å². The molecular formula is C15H20N4O. The van der Waals surface area contributed by atoms with Crippen LogP contribution in [0.3, 0.4) is 0 Å².